The van der Waals surface area contributed by atoms with Crippen molar-refractivity contribution in [2.75, 3.05) is 25.1 Å². The summed E-state index contributed by atoms with van der Waals surface area (Å²) in [5, 5.41) is 0.931. The second-order valence-corrected chi connectivity index (χ2v) is 5.94. The Morgan fingerprint density at radius 1 is 1.00 bits per heavy atom. The van der Waals surface area contributed by atoms with Crippen LogP contribution in [0.25, 0.3) is 11.0 Å². The Bertz CT molecular complexity index is 926. The molecule has 2 aromatic carbocycles. The van der Waals surface area contributed by atoms with Crippen molar-refractivity contribution in [3.63, 3.8) is 0 Å². The fourth-order valence-corrected chi connectivity index (χ4v) is 3.11. The lowest BCUT2D eigenvalue weighted by molar-refractivity contribution is 0.410. The molecule has 1 heterocycles. The highest BCUT2D eigenvalue weighted by Crippen LogP contribution is 2.24. The minimum Gasteiger partial charge on any atom is -0.496 e. The van der Waals surface area contributed by atoms with E-state index in [0.717, 1.165) is 35.5 Å². The first-order valence-corrected chi connectivity index (χ1v) is 8.59. The molecular formula is C21H23NO3. The van der Waals surface area contributed by atoms with E-state index >= 15 is 0 Å². The average Bonchev–Trinajstić information content (AvgIpc) is 2.64. The Hall–Kier alpha value is -2.75. The Morgan fingerprint density at radius 2 is 1.76 bits per heavy atom. The summed E-state index contributed by atoms with van der Waals surface area (Å²) in [6.07, 6.45) is 0.486. The molecule has 0 aliphatic carbocycles. The Balaban J connectivity index is 1.99. The zero-order valence-corrected chi connectivity index (χ0v) is 14.9. The molecule has 0 saturated carbocycles. The zero-order valence-electron chi connectivity index (χ0n) is 14.9. The summed E-state index contributed by atoms with van der Waals surface area (Å²) in [5.74, 6) is 0.777. The summed E-state index contributed by atoms with van der Waals surface area (Å²) in [6, 6.07) is 15.7. The van der Waals surface area contributed by atoms with Gasteiger partial charge in [-0.05, 0) is 43.7 Å². The molecule has 0 saturated heterocycles. The summed E-state index contributed by atoms with van der Waals surface area (Å²) in [5.41, 5.74) is 3.00. The van der Waals surface area contributed by atoms with Gasteiger partial charge in [-0.1, -0.05) is 18.2 Å². The van der Waals surface area contributed by atoms with Gasteiger partial charge in [-0.3, -0.25) is 0 Å². The fraction of sp³-hybridized carbons (Fsp3) is 0.286. The number of ether oxygens (including phenoxy) is 1. The molecule has 0 radical (unpaired) electrons. The largest absolute Gasteiger partial charge is 0.496 e. The molecule has 0 aliphatic heterocycles. The van der Waals surface area contributed by atoms with Crippen LogP contribution in [0.4, 0.5) is 5.69 Å². The second-order valence-electron chi connectivity index (χ2n) is 5.94. The van der Waals surface area contributed by atoms with Crippen molar-refractivity contribution in [2.24, 2.45) is 0 Å². The van der Waals surface area contributed by atoms with Crippen LogP contribution < -0.4 is 15.3 Å². The van der Waals surface area contributed by atoms with E-state index in [1.54, 1.807) is 7.11 Å². The molecule has 0 amide bonds. The van der Waals surface area contributed by atoms with Crippen LogP contribution >= 0.6 is 0 Å². The third kappa shape index (κ3) is 3.53. The molecule has 0 spiro atoms. The summed E-state index contributed by atoms with van der Waals surface area (Å²) in [4.78, 5) is 14.7. The minimum atomic E-state index is -0.296. The van der Waals surface area contributed by atoms with E-state index in [4.69, 9.17) is 9.15 Å². The fourth-order valence-electron chi connectivity index (χ4n) is 3.11. The summed E-state index contributed by atoms with van der Waals surface area (Å²) in [6.45, 7) is 6.05. The van der Waals surface area contributed by atoms with Crippen molar-refractivity contribution < 1.29 is 9.15 Å². The Kier molecular flexibility index (Phi) is 5.08. The molecule has 3 rings (SSSR count). The van der Waals surface area contributed by atoms with E-state index in [2.05, 4.69) is 24.8 Å². The van der Waals surface area contributed by atoms with Crippen molar-refractivity contribution >= 4 is 16.7 Å². The van der Waals surface area contributed by atoms with Crippen molar-refractivity contribution in [3.8, 4) is 5.75 Å². The van der Waals surface area contributed by atoms with Gasteiger partial charge in [0.2, 0.25) is 0 Å². The molecule has 0 aliphatic rings. The number of anilines is 1. The van der Waals surface area contributed by atoms with Gasteiger partial charge in [-0.15, -0.1) is 0 Å². The lowest BCUT2D eigenvalue weighted by Gasteiger charge is -2.21. The van der Waals surface area contributed by atoms with E-state index in [9.17, 15) is 4.79 Å². The highest BCUT2D eigenvalue weighted by molar-refractivity contribution is 5.81. The molecule has 0 fully saturated rings. The number of para-hydroxylation sites is 1. The summed E-state index contributed by atoms with van der Waals surface area (Å²) >= 11 is 0. The molecule has 3 aromatic rings. The minimum absolute atomic E-state index is 0.296. The lowest BCUT2D eigenvalue weighted by atomic mass is 10.0. The topological polar surface area (TPSA) is 42.7 Å². The van der Waals surface area contributed by atoms with Gasteiger partial charge < -0.3 is 14.1 Å². The third-order valence-electron chi connectivity index (χ3n) is 4.49. The number of methoxy groups -OCH3 is 1. The van der Waals surface area contributed by atoms with Crippen LogP contribution in [0.15, 0.2) is 57.7 Å². The van der Waals surface area contributed by atoms with E-state index in [1.165, 1.54) is 0 Å². The average molecular weight is 337 g/mol. The second kappa shape index (κ2) is 7.43. The van der Waals surface area contributed by atoms with Gasteiger partial charge in [0, 0.05) is 42.2 Å². The monoisotopic (exact) mass is 337 g/mol. The van der Waals surface area contributed by atoms with Gasteiger partial charge in [0.25, 0.3) is 0 Å². The van der Waals surface area contributed by atoms with Gasteiger partial charge in [-0.2, -0.15) is 0 Å². The predicted octanol–water partition coefficient (Wildman–Crippen LogP) is 4.24. The lowest BCUT2D eigenvalue weighted by Crippen LogP contribution is -2.21. The van der Waals surface area contributed by atoms with Gasteiger partial charge in [0.15, 0.2) is 0 Å². The molecule has 0 bridgehead atoms. The first kappa shape index (κ1) is 17.1. The first-order chi connectivity index (χ1) is 12.2. The van der Waals surface area contributed by atoms with Crippen LogP contribution in [-0.2, 0) is 6.42 Å². The highest BCUT2D eigenvalue weighted by Gasteiger charge is 2.11. The number of rotatable bonds is 6. The van der Waals surface area contributed by atoms with Gasteiger partial charge >= 0.3 is 5.63 Å². The quantitative estimate of drug-likeness (QED) is 0.631. The molecule has 0 N–H and O–H groups in total. The maximum Gasteiger partial charge on any atom is 0.339 e. The molecule has 1 aromatic heterocycles. The highest BCUT2D eigenvalue weighted by atomic mass is 16.5. The van der Waals surface area contributed by atoms with Crippen LogP contribution in [0.3, 0.4) is 0 Å². The van der Waals surface area contributed by atoms with E-state index in [0.29, 0.717) is 17.6 Å². The smallest absolute Gasteiger partial charge is 0.339 e. The molecule has 4 heteroatoms. The number of hydrogen-bond acceptors (Lipinski definition) is 4. The molecule has 25 heavy (non-hydrogen) atoms. The van der Waals surface area contributed by atoms with Crippen LogP contribution in [-0.4, -0.2) is 20.2 Å². The Morgan fingerprint density at radius 3 is 2.48 bits per heavy atom. The van der Waals surface area contributed by atoms with Crippen molar-refractivity contribution in [1.29, 1.82) is 0 Å². The van der Waals surface area contributed by atoms with E-state index < -0.39 is 0 Å². The van der Waals surface area contributed by atoms with Crippen LogP contribution in [0, 0.1) is 0 Å². The van der Waals surface area contributed by atoms with Crippen LogP contribution in [0.2, 0.25) is 0 Å². The predicted molar refractivity (Wildman–Crippen MR) is 102 cm³/mol. The van der Waals surface area contributed by atoms with Crippen molar-refractivity contribution in [3.05, 3.63) is 70.1 Å². The van der Waals surface area contributed by atoms with Gasteiger partial charge in [0.05, 0.1) is 7.11 Å². The molecule has 130 valence electrons. The van der Waals surface area contributed by atoms with Gasteiger partial charge in [-0.25, -0.2) is 4.79 Å². The number of fused-ring (bicyclic) bond motifs is 1. The summed E-state index contributed by atoms with van der Waals surface area (Å²) in [7, 11) is 1.64. The van der Waals surface area contributed by atoms with E-state index in [-0.39, 0.29) is 5.63 Å². The number of hydrogen-bond donors (Lipinski definition) is 0. The van der Waals surface area contributed by atoms with E-state index in [1.807, 2.05) is 42.5 Å². The number of benzene rings is 2. The normalized spacial score (nSPS) is 10.8. The maximum atomic E-state index is 12.4. The molecule has 0 unspecified atom stereocenters. The van der Waals surface area contributed by atoms with Crippen molar-refractivity contribution in [2.45, 2.75) is 20.3 Å². The standard InChI is InChI=1S/C21H23NO3/c1-4-22(5-2)18-11-10-16-13-17(21(23)25-20(16)14-18)12-15-8-6-7-9-19(15)24-3/h6-11,13-14H,4-5,12H2,1-3H3. The van der Waals surface area contributed by atoms with Gasteiger partial charge in [0.1, 0.15) is 11.3 Å². The zero-order chi connectivity index (χ0) is 17.8. The first-order valence-electron chi connectivity index (χ1n) is 8.59. The molecule has 4 nitrogen and oxygen atoms in total. The van der Waals surface area contributed by atoms with Crippen LogP contribution in [0.5, 0.6) is 5.75 Å². The molecule has 0 atom stereocenters. The SMILES string of the molecule is CCN(CC)c1ccc2cc(Cc3ccccc3OC)c(=O)oc2c1. The van der Waals surface area contributed by atoms with Crippen LogP contribution in [0.1, 0.15) is 25.0 Å². The molecular weight excluding hydrogens is 314 g/mol. The third-order valence-corrected chi connectivity index (χ3v) is 4.49. The number of nitrogens with zero attached hydrogens (tertiary/aromatic N) is 1. The Labute approximate surface area is 147 Å². The van der Waals surface area contributed by atoms with Crippen molar-refractivity contribution in [1.82, 2.24) is 0 Å². The summed E-state index contributed by atoms with van der Waals surface area (Å²) < 4.78 is 11.0. The maximum absolute atomic E-state index is 12.4.